The van der Waals surface area contributed by atoms with Crippen LogP contribution in [0.25, 0.3) is 0 Å². The molecule has 30 heavy (non-hydrogen) atoms. The standard InChI is InChI=1S/C19H17ClN4O4S2/c1-10(2)19-22-12(9-29-19)8-21-17(25)11-3-4-15-14(7-11)23-18(26)16-13(20)5-6-24(16)30(15,27)28/h3-7,9-10H,8H2,1-2H3,(H,21,25)(H,23,26). The minimum absolute atomic E-state index is 0.0168. The van der Waals surface area contributed by atoms with Crippen molar-refractivity contribution in [1.29, 1.82) is 0 Å². The van der Waals surface area contributed by atoms with E-state index < -0.39 is 21.8 Å². The average molecular weight is 465 g/mol. The fraction of sp³-hybridized carbons (Fsp3) is 0.211. The van der Waals surface area contributed by atoms with Gasteiger partial charge in [0.25, 0.3) is 21.8 Å². The summed E-state index contributed by atoms with van der Waals surface area (Å²) in [6.45, 7) is 4.33. The molecule has 2 amide bonds. The molecule has 3 heterocycles. The summed E-state index contributed by atoms with van der Waals surface area (Å²) in [7, 11) is -4.04. The smallest absolute Gasteiger partial charge is 0.274 e. The molecule has 0 aliphatic carbocycles. The van der Waals surface area contributed by atoms with Gasteiger partial charge in [0.15, 0.2) is 0 Å². The van der Waals surface area contributed by atoms with Crippen LogP contribution < -0.4 is 10.6 Å². The van der Waals surface area contributed by atoms with Gasteiger partial charge < -0.3 is 10.6 Å². The third-order valence-corrected chi connectivity index (χ3v) is 7.77. The fourth-order valence-electron chi connectivity index (χ4n) is 3.02. The monoisotopic (exact) mass is 464 g/mol. The van der Waals surface area contributed by atoms with Gasteiger partial charge in [0, 0.05) is 23.1 Å². The Morgan fingerprint density at radius 3 is 2.80 bits per heavy atom. The molecule has 0 saturated carbocycles. The molecule has 0 fully saturated rings. The van der Waals surface area contributed by atoms with Crippen molar-refractivity contribution in [1.82, 2.24) is 14.3 Å². The topological polar surface area (TPSA) is 110 Å². The lowest BCUT2D eigenvalue weighted by atomic mass is 10.2. The molecule has 0 saturated heterocycles. The summed E-state index contributed by atoms with van der Waals surface area (Å²) >= 11 is 7.51. The molecule has 4 rings (SSSR count). The second kappa shape index (κ2) is 7.53. The van der Waals surface area contributed by atoms with Gasteiger partial charge in [-0.1, -0.05) is 25.4 Å². The first-order chi connectivity index (χ1) is 14.2. The van der Waals surface area contributed by atoms with Crippen molar-refractivity contribution in [3.8, 4) is 0 Å². The number of carbonyl (C=O) groups is 2. The predicted octanol–water partition coefficient (Wildman–Crippen LogP) is 3.45. The van der Waals surface area contributed by atoms with Crippen LogP contribution in [-0.2, 0) is 16.6 Å². The van der Waals surface area contributed by atoms with Crippen LogP contribution >= 0.6 is 22.9 Å². The van der Waals surface area contributed by atoms with Crippen molar-refractivity contribution in [3.05, 3.63) is 62.8 Å². The van der Waals surface area contributed by atoms with Crippen molar-refractivity contribution < 1.29 is 18.0 Å². The molecule has 0 bridgehead atoms. The van der Waals surface area contributed by atoms with Gasteiger partial charge in [-0.05, 0) is 24.3 Å². The molecule has 1 aliphatic heterocycles. The molecule has 0 radical (unpaired) electrons. The lowest BCUT2D eigenvalue weighted by molar-refractivity contribution is 0.0949. The minimum Gasteiger partial charge on any atom is -0.346 e. The maximum atomic E-state index is 12.9. The van der Waals surface area contributed by atoms with Crippen LogP contribution in [-0.4, -0.2) is 29.2 Å². The number of halogens is 1. The summed E-state index contributed by atoms with van der Waals surface area (Å²) < 4.78 is 26.7. The molecular formula is C19H17ClN4O4S2. The first-order valence-electron chi connectivity index (χ1n) is 8.99. The Labute approximate surface area is 181 Å². The molecule has 1 aromatic carbocycles. The summed E-state index contributed by atoms with van der Waals surface area (Å²) in [5.41, 5.74) is 0.796. The third kappa shape index (κ3) is 3.51. The lowest BCUT2D eigenvalue weighted by Gasteiger charge is -2.10. The fourth-order valence-corrected chi connectivity index (χ4v) is 5.62. The Bertz CT molecular complexity index is 1280. The molecule has 8 nitrogen and oxygen atoms in total. The van der Waals surface area contributed by atoms with Crippen LogP contribution in [0.3, 0.4) is 0 Å². The quantitative estimate of drug-likeness (QED) is 0.614. The van der Waals surface area contributed by atoms with E-state index in [1.165, 1.54) is 41.8 Å². The van der Waals surface area contributed by atoms with Gasteiger partial charge in [-0.15, -0.1) is 11.3 Å². The van der Waals surface area contributed by atoms with Gasteiger partial charge in [-0.2, -0.15) is 0 Å². The Balaban J connectivity index is 1.60. The van der Waals surface area contributed by atoms with Crippen LogP contribution in [0.1, 0.15) is 51.3 Å². The van der Waals surface area contributed by atoms with Crippen LogP contribution in [0.4, 0.5) is 5.69 Å². The van der Waals surface area contributed by atoms with Crippen molar-refractivity contribution in [2.75, 3.05) is 5.32 Å². The minimum atomic E-state index is -4.04. The Morgan fingerprint density at radius 2 is 2.10 bits per heavy atom. The van der Waals surface area contributed by atoms with E-state index in [-0.39, 0.29) is 33.4 Å². The molecule has 2 N–H and O–H groups in total. The number of amides is 2. The maximum absolute atomic E-state index is 12.9. The van der Waals surface area contributed by atoms with Gasteiger partial charge in [0.05, 0.1) is 28.0 Å². The number of aromatic nitrogens is 2. The van der Waals surface area contributed by atoms with Crippen LogP contribution in [0, 0.1) is 0 Å². The number of rotatable bonds is 4. The zero-order chi connectivity index (χ0) is 21.6. The molecule has 3 aromatic rings. The highest BCUT2D eigenvalue weighted by molar-refractivity contribution is 7.90. The summed E-state index contributed by atoms with van der Waals surface area (Å²) in [4.78, 5) is 29.4. The SMILES string of the molecule is CC(C)c1nc(CNC(=O)c2ccc3c(c2)NC(=O)c2c(Cl)ccn2S3(=O)=O)cs1. The van der Waals surface area contributed by atoms with E-state index in [2.05, 4.69) is 15.6 Å². The van der Waals surface area contributed by atoms with Gasteiger partial charge >= 0.3 is 0 Å². The lowest BCUT2D eigenvalue weighted by Crippen LogP contribution is -2.23. The summed E-state index contributed by atoms with van der Waals surface area (Å²) in [6.07, 6.45) is 1.22. The zero-order valence-corrected chi connectivity index (χ0v) is 18.4. The number of hydrogen-bond donors (Lipinski definition) is 2. The second-order valence-electron chi connectivity index (χ2n) is 6.99. The van der Waals surface area contributed by atoms with Gasteiger partial charge in [0.2, 0.25) is 0 Å². The van der Waals surface area contributed by atoms with E-state index in [4.69, 9.17) is 11.6 Å². The molecule has 156 valence electrons. The summed E-state index contributed by atoms with van der Waals surface area (Å²) in [5, 5.41) is 8.18. The van der Waals surface area contributed by atoms with Crippen LogP contribution in [0.15, 0.2) is 40.7 Å². The molecule has 0 atom stereocenters. The molecule has 0 unspecified atom stereocenters. The van der Waals surface area contributed by atoms with E-state index in [9.17, 15) is 18.0 Å². The normalized spacial score (nSPS) is 14.6. The van der Waals surface area contributed by atoms with E-state index >= 15 is 0 Å². The third-order valence-electron chi connectivity index (χ3n) is 4.54. The average Bonchev–Trinajstić information content (AvgIpc) is 3.31. The van der Waals surface area contributed by atoms with E-state index in [0.29, 0.717) is 5.92 Å². The number of benzene rings is 1. The van der Waals surface area contributed by atoms with Crippen LogP contribution in [0.5, 0.6) is 0 Å². The highest BCUT2D eigenvalue weighted by Gasteiger charge is 2.32. The molecule has 1 aliphatic rings. The summed E-state index contributed by atoms with van der Waals surface area (Å²) in [5.74, 6) is -0.776. The maximum Gasteiger partial charge on any atom is 0.274 e. The van der Waals surface area contributed by atoms with E-state index in [1.54, 1.807) is 0 Å². The number of fused-ring (bicyclic) bond motifs is 2. The Morgan fingerprint density at radius 1 is 1.33 bits per heavy atom. The van der Waals surface area contributed by atoms with Gasteiger partial charge in [-0.25, -0.2) is 17.4 Å². The highest BCUT2D eigenvalue weighted by Crippen LogP contribution is 2.32. The largest absolute Gasteiger partial charge is 0.346 e. The van der Waals surface area contributed by atoms with Crippen molar-refractivity contribution in [2.45, 2.75) is 31.2 Å². The zero-order valence-electron chi connectivity index (χ0n) is 16.0. The second-order valence-corrected chi connectivity index (χ2v) is 10.1. The molecular weight excluding hydrogens is 448 g/mol. The number of thiazole rings is 1. The highest BCUT2D eigenvalue weighted by atomic mass is 35.5. The number of hydrogen-bond acceptors (Lipinski definition) is 6. The first kappa shape index (κ1) is 20.6. The van der Waals surface area contributed by atoms with Gasteiger partial charge in [-0.3, -0.25) is 9.59 Å². The van der Waals surface area contributed by atoms with Crippen molar-refractivity contribution in [3.63, 3.8) is 0 Å². The first-order valence-corrected chi connectivity index (χ1v) is 11.7. The van der Waals surface area contributed by atoms with E-state index in [1.807, 2.05) is 19.2 Å². The molecule has 11 heteroatoms. The van der Waals surface area contributed by atoms with E-state index in [0.717, 1.165) is 14.7 Å². The Hall–Kier alpha value is -2.69. The summed E-state index contributed by atoms with van der Waals surface area (Å²) in [6, 6.07) is 5.36. The van der Waals surface area contributed by atoms with Crippen molar-refractivity contribution >= 4 is 50.5 Å². The number of carbonyl (C=O) groups excluding carboxylic acids is 2. The van der Waals surface area contributed by atoms with Crippen molar-refractivity contribution in [2.24, 2.45) is 0 Å². The van der Waals surface area contributed by atoms with Gasteiger partial charge in [0.1, 0.15) is 10.6 Å². The Kier molecular flexibility index (Phi) is 5.16. The predicted molar refractivity (Wildman–Crippen MR) is 114 cm³/mol. The number of nitrogens with zero attached hydrogens (tertiary/aromatic N) is 2. The number of nitrogens with one attached hydrogen (secondary N) is 2. The number of anilines is 1. The molecule has 2 aromatic heterocycles. The van der Waals surface area contributed by atoms with Crippen LogP contribution in [0.2, 0.25) is 5.02 Å². The molecule has 0 spiro atoms.